The lowest BCUT2D eigenvalue weighted by atomic mass is 10.0. The van der Waals surface area contributed by atoms with E-state index in [4.69, 9.17) is 0 Å². The lowest BCUT2D eigenvalue weighted by Gasteiger charge is -2.08. The molecule has 0 unspecified atom stereocenters. The summed E-state index contributed by atoms with van der Waals surface area (Å²) < 4.78 is 50.5. The van der Waals surface area contributed by atoms with Gasteiger partial charge in [-0.1, -0.05) is 30.3 Å². The second kappa shape index (κ2) is 4.80. The fourth-order valence-corrected chi connectivity index (χ4v) is 1.74. The first-order valence-corrected chi connectivity index (χ1v) is 5.36. The van der Waals surface area contributed by atoms with Crippen molar-refractivity contribution in [3.8, 4) is 0 Å². The largest absolute Gasteiger partial charge is 0.416 e. The Labute approximate surface area is 102 Å². The maximum atomic E-state index is 13.0. The minimum absolute atomic E-state index is 0.279. The molecule has 0 aliphatic heterocycles. The van der Waals surface area contributed by atoms with Crippen LogP contribution in [-0.4, -0.2) is 0 Å². The van der Waals surface area contributed by atoms with Gasteiger partial charge in [0.15, 0.2) is 0 Å². The molecule has 4 heteroatoms. The smallest absolute Gasteiger partial charge is 0.207 e. The molecule has 0 aromatic heterocycles. The Hall–Kier alpha value is -1.84. The van der Waals surface area contributed by atoms with Crippen molar-refractivity contribution in [1.29, 1.82) is 0 Å². The summed E-state index contributed by atoms with van der Waals surface area (Å²) >= 11 is 0. The van der Waals surface area contributed by atoms with Crippen LogP contribution in [0.3, 0.4) is 0 Å². The van der Waals surface area contributed by atoms with E-state index in [0.717, 1.165) is 12.1 Å². The summed E-state index contributed by atoms with van der Waals surface area (Å²) in [5.41, 5.74) is 0.473. The van der Waals surface area contributed by atoms with Gasteiger partial charge in [0, 0.05) is 0 Å². The third-order valence-electron chi connectivity index (χ3n) is 2.55. The minimum Gasteiger partial charge on any atom is -0.207 e. The van der Waals surface area contributed by atoms with E-state index in [-0.39, 0.29) is 12.2 Å². The summed E-state index contributed by atoms with van der Waals surface area (Å²) in [4.78, 5) is 0. The van der Waals surface area contributed by atoms with Crippen LogP contribution in [0.5, 0.6) is 0 Å². The van der Waals surface area contributed by atoms with Crippen LogP contribution in [0.2, 0.25) is 0 Å². The molecule has 2 aromatic carbocycles. The van der Waals surface area contributed by atoms with E-state index < -0.39 is 11.7 Å². The zero-order valence-corrected chi connectivity index (χ0v) is 9.34. The van der Waals surface area contributed by atoms with Crippen molar-refractivity contribution in [2.24, 2.45) is 0 Å². The summed E-state index contributed by atoms with van der Waals surface area (Å²) in [5, 5.41) is 0. The van der Waals surface area contributed by atoms with Crippen molar-refractivity contribution in [3.63, 3.8) is 0 Å². The third kappa shape index (κ3) is 3.09. The Morgan fingerprint density at radius 2 is 1.44 bits per heavy atom. The van der Waals surface area contributed by atoms with Gasteiger partial charge in [0.1, 0.15) is 5.82 Å². The zero-order valence-electron chi connectivity index (χ0n) is 9.34. The molecule has 0 bridgehead atoms. The molecule has 0 heterocycles. The molecule has 0 aliphatic rings. The van der Waals surface area contributed by atoms with E-state index in [1.807, 2.05) is 0 Å². The average molecular weight is 254 g/mol. The van der Waals surface area contributed by atoms with Crippen molar-refractivity contribution >= 4 is 0 Å². The fourth-order valence-electron chi connectivity index (χ4n) is 1.74. The van der Waals surface area contributed by atoms with E-state index in [2.05, 4.69) is 0 Å². The van der Waals surface area contributed by atoms with Gasteiger partial charge in [0.25, 0.3) is 0 Å². The minimum atomic E-state index is -4.35. The normalized spacial score (nSPS) is 11.6. The van der Waals surface area contributed by atoms with Crippen molar-refractivity contribution in [2.75, 3.05) is 0 Å². The van der Waals surface area contributed by atoms with Gasteiger partial charge in [-0.05, 0) is 35.7 Å². The van der Waals surface area contributed by atoms with Crippen molar-refractivity contribution < 1.29 is 17.6 Å². The molecule has 0 nitrogen and oxygen atoms in total. The highest BCUT2D eigenvalue weighted by atomic mass is 19.4. The highest BCUT2D eigenvalue weighted by Crippen LogP contribution is 2.29. The van der Waals surface area contributed by atoms with Gasteiger partial charge in [-0.25, -0.2) is 4.39 Å². The number of hydrogen-bond acceptors (Lipinski definition) is 0. The monoisotopic (exact) mass is 254 g/mol. The molecule has 0 fully saturated rings. The average Bonchev–Trinajstić information content (AvgIpc) is 2.28. The maximum absolute atomic E-state index is 13.0. The number of benzene rings is 2. The number of halogens is 4. The molecule has 0 aliphatic carbocycles. The molecule has 94 valence electrons. The predicted molar refractivity (Wildman–Crippen MR) is 60.7 cm³/mol. The molecule has 2 rings (SSSR count). The predicted octanol–water partition coefficient (Wildman–Crippen LogP) is 4.44. The zero-order chi connectivity index (χ0) is 13.2. The summed E-state index contributed by atoms with van der Waals surface area (Å²) in [7, 11) is 0. The van der Waals surface area contributed by atoms with E-state index in [0.29, 0.717) is 11.1 Å². The van der Waals surface area contributed by atoms with Crippen molar-refractivity contribution in [3.05, 3.63) is 71.0 Å². The standard InChI is InChI=1S/C14H10F4/c15-13-6-2-4-11(9-13)7-10-3-1-5-12(8-10)14(16,17)18/h1-6,8-9H,7H2. The van der Waals surface area contributed by atoms with Crippen LogP contribution in [0.4, 0.5) is 17.6 Å². The Balaban J connectivity index is 2.25. The molecule has 0 amide bonds. The van der Waals surface area contributed by atoms with Crippen LogP contribution in [-0.2, 0) is 12.6 Å². The van der Waals surface area contributed by atoms with Crippen molar-refractivity contribution in [1.82, 2.24) is 0 Å². The van der Waals surface area contributed by atoms with E-state index in [1.54, 1.807) is 12.1 Å². The first kappa shape index (κ1) is 12.6. The van der Waals surface area contributed by atoms with Gasteiger partial charge in [-0.15, -0.1) is 0 Å². The summed E-state index contributed by atoms with van der Waals surface area (Å²) in [6.45, 7) is 0. The molecule has 0 saturated carbocycles. The second-order valence-electron chi connectivity index (χ2n) is 4.00. The second-order valence-corrected chi connectivity index (χ2v) is 4.00. The molecule has 18 heavy (non-hydrogen) atoms. The van der Waals surface area contributed by atoms with Gasteiger partial charge >= 0.3 is 6.18 Å². The lowest BCUT2D eigenvalue weighted by molar-refractivity contribution is -0.137. The third-order valence-corrected chi connectivity index (χ3v) is 2.55. The topological polar surface area (TPSA) is 0 Å². The van der Waals surface area contributed by atoms with E-state index in [9.17, 15) is 17.6 Å². The van der Waals surface area contributed by atoms with Crippen LogP contribution >= 0.6 is 0 Å². The number of alkyl halides is 3. The van der Waals surface area contributed by atoms with Gasteiger partial charge in [0.05, 0.1) is 5.56 Å². The first-order valence-electron chi connectivity index (χ1n) is 5.36. The Morgan fingerprint density at radius 1 is 0.833 bits per heavy atom. The highest BCUT2D eigenvalue weighted by Gasteiger charge is 2.30. The van der Waals surface area contributed by atoms with Crippen LogP contribution in [0.15, 0.2) is 48.5 Å². The van der Waals surface area contributed by atoms with Crippen molar-refractivity contribution in [2.45, 2.75) is 12.6 Å². The molecular formula is C14H10F4. The molecule has 0 N–H and O–H groups in total. The van der Waals surface area contributed by atoms with Crippen LogP contribution in [0, 0.1) is 5.82 Å². The summed E-state index contributed by atoms with van der Waals surface area (Å²) in [5.74, 6) is -0.389. The number of rotatable bonds is 2. The van der Waals surface area contributed by atoms with Gasteiger partial charge in [-0.2, -0.15) is 13.2 Å². The van der Waals surface area contributed by atoms with Crippen LogP contribution in [0.1, 0.15) is 16.7 Å². The lowest BCUT2D eigenvalue weighted by Crippen LogP contribution is -2.05. The Bertz CT molecular complexity index is 543. The molecule has 0 saturated heterocycles. The Kier molecular flexibility index (Phi) is 3.36. The van der Waals surface area contributed by atoms with E-state index >= 15 is 0 Å². The van der Waals surface area contributed by atoms with Gasteiger partial charge in [-0.3, -0.25) is 0 Å². The summed E-state index contributed by atoms with van der Waals surface area (Å²) in [6.07, 6.45) is -4.07. The highest BCUT2D eigenvalue weighted by molar-refractivity contribution is 5.30. The maximum Gasteiger partial charge on any atom is 0.416 e. The molecule has 0 spiro atoms. The molecule has 2 aromatic rings. The SMILES string of the molecule is Fc1cccc(Cc2cccc(C(F)(F)F)c2)c1. The van der Waals surface area contributed by atoms with Crippen LogP contribution in [0.25, 0.3) is 0 Å². The molecule has 0 atom stereocenters. The van der Waals surface area contributed by atoms with Gasteiger partial charge in [0.2, 0.25) is 0 Å². The fraction of sp³-hybridized carbons (Fsp3) is 0.143. The molecule has 0 radical (unpaired) electrons. The van der Waals surface area contributed by atoms with Gasteiger partial charge < -0.3 is 0 Å². The van der Waals surface area contributed by atoms with E-state index in [1.165, 1.54) is 24.3 Å². The Morgan fingerprint density at radius 3 is 2.06 bits per heavy atom. The number of hydrogen-bond donors (Lipinski definition) is 0. The molecular weight excluding hydrogens is 244 g/mol. The van der Waals surface area contributed by atoms with Crippen LogP contribution < -0.4 is 0 Å². The first-order chi connectivity index (χ1) is 8.45. The quantitative estimate of drug-likeness (QED) is 0.695. The summed E-state index contributed by atoms with van der Waals surface area (Å²) in [6, 6.07) is 10.9.